The number of rotatable bonds is 6. The summed E-state index contributed by atoms with van der Waals surface area (Å²) in [5.41, 5.74) is 5.43. The molecule has 34 heavy (non-hydrogen) atoms. The number of thiophene rings is 1. The number of benzene rings is 1. The fourth-order valence-electron chi connectivity index (χ4n) is 4.05. The molecule has 1 aliphatic heterocycles. The van der Waals surface area contributed by atoms with Crippen LogP contribution in [0.5, 0.6) is 0 Å². The summed E-state index contributed by atoms with van der Waals surface area (Å²) in [6.07, 6.45) is 5.72. The molecule has 3 aromatic heterocycles. The van der Waals surface area contributed by atoms with Crippen LogP contribution in [0.25, 0.3) is 5.00 Å². The summed E-state index contributed by atoms with van der Waals surface area (Å²) in [4.78, 5) is 16.1. The summed E-state index contributed by atoms with van der Waals surface area (Å²) in [5, 5.41) is 9.66. The van der Waals surface area contributed by atoms with Crippen LogP contribution >= 0.6 is 11.3 Å². The molecule has 0 unspecified atom stereocenters. The molecular formula is C27H24N4O2S. The Labute approximate surface area is 202 Å². The highest BCUT2D eigenvalue weighted by atomic mass is 32.1. The zero-order chi connectivity index (χ0) is 23.3. The van der Waals surface area contributed by atoms with Gasteiger partial charge in [0.05, 0.1) is 11.5 Å². The molecule has 0 saturated heterocycles. The SMILES string of the molecule is Cc1nnc2n1-c1sc(C#Cc3ccc(CCCC=O)nc3)c(Cc3ccccc3)c1COC2. The maximum Gasteiger partial charge on any atom is 0.164 e. The van der Waals surface area contributed by atoms with E-state index in [4.69, 9.17) is 4.74 Å². The number of aryl methyl sites for hydroxylation is 2. The Balaban J connectivity index is 1.52. The molecule has 170 valence electrons. The normalized spacial score (nSPS) is 12.3. The summed E-state index contributed by atoms with van der Waals surface area (Å²) >= 11 is 1.67. The largest absolute Gasteiger partial charge is 0.369 e. The third kappa shape index (κ3) is 4.69. The van der Waals surface area contributed by atoms with Crippen molar-refractivity contribution in [2.75, 3.05) is 0 Å². The molecule has 0 amide bonds. The summed E-state index contributed by atoms with van der Waals surface area (Å²) in [6, 6.07) is 14.4. The van der Waals surface area contributed by atoms with Gasteiger partial charge in [0, 0.05) is 29.4 Å². The average molecular weight is 469 g/mol. The van der Waals surface area contributed by atoms with Gasteiger partial charge in [0.15, 0.2) is 5.82 Å². The van der Waals surface area contributed by atoms with Gasteiger partial charge < -0.3 is 9.53 Å². The minimum Gasteiger partial charge on any atom is -0.369 e. The molecule has 0 atom stereocenters. The van der Waals surface area contributed by atoms with Crippen molar-refractivity contribution in [3.8, 4) is 16.8 Å². The summed E-state index contributed by atoms with van der Waals surface area (Å²) in [5.74, 6) is 8.38. The lowest BCUT2D eigenvalue weighted by molar-refractivity contribution is -0.107. The highest BCUT2D eigenvalue weighted by molar-refractivity contribution is 7.15. The minimum absolute atomic E-state index is 0.443. The van der Waals surface area contributed by atoms with Gasteiger partial charge in [0.25, 0.3) is 0 Å². The lowest BCUT2D eigenvalue weighted by Crippen LogP contribution is -2.00. The number of hydrogen-bond donors (Lipinski definition) is 0. The van der Waals surface area contributed by atoms with Gasteiger partial charge in [-0.15, -0.1) is 21.5 Å². The lowest BCUT2D eigenvalue weighted by Gasteiger charge is -2.06. The summed E-state index contributed by atoms with van der Waals surface area (Å²) in [6.45, 7) is 2.93. The highest BCUT2D eigenvalue weighted by Crippen LogP contribution is 2.36. The molecule has 0 spiro atoms. The zero-order valence-electron chi connectivity index (χ0n) is 19.0. The van der Waals surface area contributed by atoms with E-state index in [0.29, 0.717) is 19.6 Å². The number of aromatic nitrogens is 4. The van der Waals surface area contributed by atoms with Gasteiger partial charge in [0.2, 0.25) is 0 Å². The first-order chi connectivity index (χ1) is 16.7. The first kappa shape index (κ1) is 22.2. The standard InChI is InChI=1S/C27H24N4O2S/c1-19-29-30-26-18-33-17-24-23(15-20-7-3-2-4-8-20)25(34-27(24)31(19)26)13-11-21-10-12-22(28-16-21)9-5-6-14-32/h2-4,7-8,10,12,14,16H,5-6,9,15,17-18H2,1H3. The van der Waals surface area contributed by atoms with E-state index >= 15 is 0 Å². The quantitative estimate of drug-likeness (QED) is 0.235. The molecule has 0 bridgehead atoms. The van der Waals surface area contributed by atoms with Gasteiger partial charge in [0.1, 0.15) is 23.7 Å². The Kier molecular flexibility index (Phi) is 6.61. The van der Waals surface area contributed by atoms with Gasteiger partial charge >= 0.3 is 0 Å². The predicted octanol–water partition coefficient (Wildman–Crippen LogP) is 4.57. The van der Waals surface area contributed by atoms with Gasteiger partial charge in [-0.3, -0.25) is 9.55 Å². The Morgan fingerprint density at radius 3 is 2.79 bits per heavy atom. The van der Waals surface area contributed by atoms with Crippen molar-refractivity contribution in [3.63, 3.8) is 0 Å². The summed E-state index contributed by atoms with van der Waals surface area (Å²) in [7, 11) is 0. The van der Waals surface area contributed by atoms with Gasteiger partial charge in [-0.1, -0.05) is 42.2 Å². The topological polar surface area (TPSA) is 69.9 Å². The Morgan fingerprint density at radius 2 is 2.00 bits per heavy atom. The smallest absolute Gasteiger partial charge is 0.164 e. The van der Waals surface area contributed by atoms with Crippen LogP contribution in [0.1, 0.15) is 57.3 Å². The van der Waals surface area contributed by atoms with Crippen LogP contribution in [0.15, 0.2) is 48.7 Å². The Hall–Kier alpha value is -3.60. The number of ether oxygens (including phenoxy) is 1. The second-order valence-electron chi connectivity index (χ2n) is 8.19. The number of unbranched alkanes of at least 4 members (excludes halogenated alkanes) is 1. The van der Waals surface area contributed by atoms with Gasteiger partial charge in [-0.25, -0.2) is 0 Å². The third-order valence-electron chi connectivity index (χ3n) is 5.79. The van der Waals surface area contributed by atoms with E-state index in [2.05, 4.69) is 55.9 Å². The van der Waals surface area contributed by atoms with Crippen molar-refractivity contribution in [3.05, 3.63) is 93.1 Å². The summed E-state index contributed by atoms with van der Waals surface area (Å²) < 4.78 is 8.07. The zero-order valence-corrected chi connectivity index (χ0v) is 19.8. The molecule has 0 aliphatic carbocycles. The molecule has 6 nitrogen and oxygen atoms in total. The maximum absolute atomic E-state index is 10.5. The fraction of sp³-hybridized carbons (Fsp3) is 0.259. The van der Waals surface area contributed by atoms with Crippen molar-refractivity contribution in [2.24, 2.45) is 0 Å². The second kappa shape index (κ2) is 10.1. The molecular weight excluding hydrogens is 444 g/mol. The van der Waals surface area contributed by atoms with Crippen molar-refractivity contribution >= 4 is 17.6 Å². The number of aldehydes is 1. The van der Waals surface area contributed by atoms with E-state index in [1.165, 1.54) is 11.1 Å². The molecule has 4 aromatic rings. The Morgan fingerprint density at radius 1 is 1.12 bits per heavy atom. The van der Waals surface area contributed by atoms with Gasteiger partial charge in [-0.2, -0.15) is 0 Å². The number of fused-ring (bicyclic) bond motifs is 3. The molecule has 0 radical (unpaired) electrons. The van der Waals surface area contributed by atoms with Crippen LogP contribution in [0.4, 0.5) is 0 Å². The van der Waals surface area contributed by atoms with E-state index in [1.807, 2.05) is 31.3 Å². The number of hydrogen-bond acceptors (Lipinski definition) is 6. The minimum atomic E-state index is 0.443. The molecule has 1 aliphatic rings. The van der Waals surface area contributed by atoms with Crippen molar-refractivity contribution < 1.29 is 9.53 Å². The third-order valence-corrected chi connectivity index (χ3v) is 6.97. The van der Waals surface area contributed by atoms with Crippen molar-refractivity contribution in [1.82, 2.24) is 19.7 Å². The van der Waals surface area contributed by atoms with E-state index in [9.17, 15) is 4.79 Å². The number of nitrogens with zero attached hydrogens (tertiary/aromatic N) is 4. The lowest BCUT2D eigenvalue weighted by atomic mass is 10.0. The molecule has 1 aromatic carbocycles. The monoisotopic (exact) mass is 468 g/mol. The molecule has 0 saturated carbocycles. The molecule has 4 heterocycles. The van der Waals surface area contributed by atoms with E-state index < -0.39 is 0 Å². The number of pyridine rings is 1. The van der Waals surface area contributed by atoms with Crippen LogP contribution in [0, 0.1) is 18.8 Å². The van der Waals surface area contributed by atoms with E-state index in [0.717, 1.165) is 63.9 Å². The van der Waals surface area contributed by atoms with Crippen LogP contribution in [0.2, 0.25) is 0 Å². The van der Waals surface area contributed by atoms with Crippen LogP contribution in [-0.2, 0) is 35.6 Å². The van der Waals surface area contributed by atoms with E-state index in [1.54, 1.807) is 11.3 Å². The predicted molar refractivity (Wildman–Crippen MR) is 131 cm³/mol. The van der Waals surface area contributed by atoms with Crippen LogP contribution < -0.4 is 0 Å². The number of carbonyl (C=O) groups excluding carboxylic acids is 1. The van der Waals surface area contributed by atoms with E-state index in [-0.39, 0.29) is 0 Å². The fourth-order valence-corrected chi connectivity index (χ4v) is 5.30. The van der Waals surface area contributed by atoms with Crippen molar-refractivity contribution in [1.29, 1.82) is 0 Å². The second-order valence-corrected chi connectivity index (χ2v) is 9.19. The molecule has 7 heteroatoms. The number of carbonyl (C=O) groups is 1. The average Bonchev–Trinajstić information content (AvgIpc) is 3.32. The van der Waals surface area contributed by atoms with Crippen LogP contribution in [0.3, 0.4) is 0 Å². The molecule has 5 rings (SSSR count). The molecule has 0 N–H and O–H groups in total. The van der Waals surface area contributed by atoms with Crippen LogP contribution in [-0.4, -0.2) is 26.0 Å². The first-order valence-corrected chi connectivity index (χ1v) is 12.1. The van der Waals surface area contributed by atoms with Gasteiger partial charge in [-0.05, 0) is 49.4 Å². The molecule has 0 fully saturated rings. The maximum atomic E-state index is 10.5. The first-order valence-electron chi connectivity index (χ1n) is 11.3. The Bertz CT molecular complexity index is 1360. The highest BCUT2D eigenvalue weighted by Gasteiger charge is 2.25. The van der Waals surface area contributed by atoms with Crippen molar-refractivity contribution in [2.45, 2.75) is 45.8 Å².